The summed E-state index contributed by atoms with van der Waals surface area (Å²) in [6, 6.07) is 0. The number of allylic oxidation sites excluding steroid dienone is 1. The van der Waals surface area contributed by atoms with E-state index in [9.17, 15) is 0 Å². The molecule has 0 aliphatic rings. The average molecular weight is 203 g/mol. The fourth-order valence-corrected chi connectivity index (χ4v) is 1.73. The second-order valence-electron chi connectivity index (χ2n) is 2.64. The maximum absolute atomic E-state index is 5.64. The molecule has 66 valence electrons. The molecule has 1 heterocycles. The molecule has 0 saturated carbocycles. The van der Waals surface area contributed by atoms with E-state index >= 15 is 0 Å². The van der Waals surface area contributed by atoms with Crippen molar-refractivity contribution >= 4 is 33.6 Å². The molecule has 0 aromatic carbocycles. The molecule has 1 aromatic rings. The van der Waals surface area contributed by atoms with Gasteiger partial charge in [-0.2, -0.15) is 0 Å². The van der Waals surface area contributed by atoms with Gasteiger partial charge in [0, 0.05) is 26.2 Å². The minimum atomic E-state index is 0.467. The highest BCUT2D eigenvalue weighted by Gasteiger charge is 2.04. The van der Waals surface area contributed by atoms with Crippen LogP contribution in [-0.4, -0.2) is 25.0 Å². The first kappa shape index (κ1) is 9.55. The van der Waals surface area contributed by atoms with E-state index in [0.29, 0.717) is 5.88 Å². The Morgan fingerprint density at radius 1 is 1.75 bits per heavy atom. The van der Waals surface area contributed by atoms with Crippen molar-refractivity contribution < 1.29 is 0 Å². The first-order valence-corrected chi connectivity index (χ1v) is 4.87. The lowest BCUT2D eigenvalue weighted by Crippen LogP contribution is -2.07. The fourth-order valence-electron chi connectivity index (χ4n) is 0.701. The van der Waals surface area contributed by atoms with Crippen LogP contribution in [0.25, 0.3) is 5.57 Å². The van der Waals surface area contributed by atoms with E-state index in [1.54, 1.807) is 11.3 Å². The first-order valence-electron chi connectivity index (χ1n) is 3.52. The van der Waals surface area contributed by atoms with Crippen LogP contribution in [0.2, 0.25) is 0 Å². The smallest absolute Gasteiger partial charge is 0.185 e. The van der Waals surface area contributed by atoms with Crippen molar-refractivity contribution in [1.82, 2.24) is 4.98 Å². The van der Waals surface area contributed by atoms with Crippen LogP contribution in [-0.2, 0) is 0 Å². The van der Waals surface area contributed by atoms with Crippen LogP contribution in [0, 0.1) is 0 Å². The van der Waals surface area contributed by atoms with E-state index in [4.69, 9.17) is 11.6 Å². The van der Waals surface area contributed by atoms with Gasteiger partial charge in [-0.1, -0.05) is 17.9 Å². The van der Waals surface area contributed by atoms with Crippen molar-refractivity contribution in [3.8, 4) is 0 Å². The molecule has 0 atom stereocenters. The van der Waals surface area contributed by atoms with Crippen molar-refractivity contribution in [1.29, 1.82) is 0 Å². The summed E-state index contributed by atoms with van der Waals surface area (Å²) < 4.78 is 0. The minimum Gasteiger partial charge on any atom is -0.354 e. The summed E-state index contributed by atoms with van der Waals surface area (Å²) in [6.07, 6.45) is 1.81. The van der Waals surface area contributed by atoms with Gasteiger partial charge in [0.1, 0.15) is 0 Å². The Labute approximate surface area is 81.5 Å². The van der Waals surface area contributed by atoms with Crippen molar-refractivity contribution in [2.45, 2.75) is 0 Å². The Balaban J connectivity index is 2.84. The quantitative estimate of drug-likeness (QED) is 0.701. The molecule has 0 N–H and O–H groups in total. The second kappa shape index (κ2) is 3.92. The minimum absolute atomic E-state index is 0.467. The van der Waals surface area contributed by atoms with Gasteiger partial charge in [-0.05, 0) is 5.57 Å². The summed E-state index contributed by atoms with van der Waals surface area (Å²) in [6.45, 7) is 3.84. The van der Waals surface area contributed by atoms with Gasteiger partial charge in [-0.25, -0.2) is 4.98 Å². The molecule has 0 amide bonds. The van der Waals surface area contributed by atoms with Crippen LogP contribution in [0.3, 0.4) is 0 Å². The van der Waals surface area contributed by atoms with Crippen molar-refractivity contribution in [3.63, 3.8) is 0 Å². The Bertz CT molecular complexity index is 280. The number of halogens is 1. The Kier molecular flexibility index (Phi) is 3.12. The summed E-state index contributed by atoms with van der Waals surface area (Å²) >= 11 is 7.25. The van der Waals surface area contributed by atoms with Crippen LogP contribution < -0.4 is 4.90 Å². The number of nitrogens with zero attached hydrogens (tertiary/aromatic N) is 2. The van der Waals surface area contributed by atoms with Gasteiger partial charge in [-0.15, -0.1) is 11.6 Å². The molecular weight excluding hydrogens is 192 g/mol. The molecule has 0 saturated heterocycles. The van der Waals surface area contributed by atoms with E-state index in [-0.39, 0.29) is 0 Å². The summed E-state index contributed by atoms with van der Waals surface area (Å²) in [7, 11) is 3.93. The topological polar surface area (TPSA) is 16.1 Å². The van der Waals surface area contributed by atoms with E-state index < -0.39 is 0 Å². The lowest BCUT2D eigenvalue weighted by molar-refractivity contribution is 1.10. The third-order valence-corrected chi connectivity index (χ3v) is 2.98. The highest BCUT2D eigenvalue weighted by Crippen LogP contribution is 2.26. The molecule has 12 heavy (non-hydrogen) atoms. The van der Waals surface area contributed by atoms with Crippen LogP contribution in [0.5, 0.6) is 0 Å². The first-order chi connectivity index (χ1) is 5.65. The van der Waals surface area contributed by atoms with E-state index in [0.717, 1.165) is 15.6 Å². The van der Waals surface area contributed by atoms with Crippen LogP contribution in [0.15, 0.2) is 12.8 Å². The van der Waals surface area contributed by atoms with Gasteiger partial charge >= 0.3 is 0 Å². The van der Waals surface area contributed by atoms with E-state index in [1.165, 1.54) is 0 Å². The summed E-state index contributed by atoms with van der Waals surface area (Å²) in [5.74, 6) is 0.467. The lowest BCUT2D eigenvalue weighted by Gasteiger charge is -2.05. The van der Waals surface area contributed by atoms with Crippen molar-refractivity contribution in [2.75, 3.05) is 24.9 Å². The van der Waals surface area contributed by atoms with Gasteiger partial charge in [-0.3, -0.25) is 0 Å². The van der Waals surface area contributed by atoms with Gasteiger partial charge in [0.25, 0.3) is 0 Å². The monoisotopic (exact) mass is 202 g/mol. The van der Waals surface area contributed by atoms with Gasteiger partial charge in [0.2, 0.25) is 0 Å². The predicted molar refractivity (Wildman–Crippen MR) is 56.2 cm³/mol. The summed E-state index contributed by atoms with van der Waals surface area (Å²) in [5, 5.41) is 0.983. The number of anilines is 1. The molecule has 0 bridgehead atoms. The van der Waals surface area contributed by atoms with Crippen LogP contribution in [0.1, 0.15) is 4.88 Å². The molecule has 0 radical (unpaired) electrons. The highest BCUT2D eigenvalue weighted by molar-refractivity contribution is 7.16. The molecule has 0 aliphatic carbocycles. The third-order valence-electron chi connectivity index (χ3n) is 1.39. The maximum atomic E-state index is 5.64. The lowest BCUT2D eigenvalue weighted by atomic mass is 10.3. The zero-order chi connectivity index (χ0) is 9.14. The Morgan fingerprint density at radius 3 is 2.83 bits per heavy atom. The molecule has 1 rings (SSSR count). The molecule has 0 spiro atoms. The van der Waals surface area contributed by atoms with Gasteiger partial charge < -0.3 is 4.90 Å². The predicted octanol–water partition coefficient (Wildman–Crippen LogP) is 2.46. The molecule has 0 aliphatic heterocycles. The SMILES string of the molecule is C=C(CCl)c1cnc(N(C)C)s1. The fraction of sp³-hybridized carbons (Fsp3) is 0.375. The van der Waals surface area contributed by atoms with E-state index in [1.807, 2.05) is 25.2 Å². The Hall–Kier alpha value is -0.540. The van der Waals surface area contributed by atoms with Crippen molar-refractivity contribution in [2.24, 2.45) is 0 Å². The second-order valence-corrected chi connectivity index (χ2v) is 3.92. The number of hydrogen-bond donors (Lipinski definition) is 0. The van der Waals surface area contributed by atoms with Gasteiger partial charge in [0.05, 0.1) is 4.88 Å². The zero-order valence-corrected chi connectivity index (χ0v) is 8.74. The summed E-state index contributed by atoms with van der Waals surface area (Å²) in [4.78, 5) is 7.24. The standard InChI is InChI=1S/C8H11ClN2S/c1-6(4-9)7-5-10-8(12-7)11(2)3/h5H,1,4H2,2-3H3. The molecular formula is C8H11ClN2S. The highest BCUT2D eigenvalue weighted by atomic mass is 35.5. The largest absolute Gasteiger partial charge is 0.354 e. The number of aromatic nitrogens is 1. The number of alkyl halides is 1. The third kappa shape index (κ3) is 1.99. The molecule has 0 unspecified atom stereocenters. The number of hydrogen-bond acceptors (Lipinski definition) is 3. The Morgan fingerprint density at radius 2 is 2.42 bits per heavy atom. The molecule has 1 aromatic heterocycles. The molecule has 4 heteroatoms. The average Bonchev–Trinajstić information content (AvgIpc) is 2.51. The number of thiazole rings is 1. The van der Waals surface area contributed by atoms with Crippen LogP contribution >= 0.6 is 22.9 Å². The molecule has 0 fully saturated rings. The maximum Gasteiger partial charge on any atom is 0.185 e. The van der Waals surface area contributed by atoms with Crippen LogP contribution in [0.4, 0.5) is 5.13 Å². The van der Waals surface area contributed by atoms with E-state index in [2.05, 4.69) is 11.6 Å². The summed E-state index contributed by atoms with van der Waals surface area (Å²) in [5.41, 5.74) is 0.933. The normalized spacial score (nSPS) is 9.92. The molecule has 2 nitrogen and oxygen atoms in total. The zero-order valence-electron chi connectivity index (χ0n) is 7.17. The number of rotatable bonds is 3. The van der Waals surface area contributed by atoms with Gasteiger partial charge in [0.15, 0.2) is 5.13 Å². The van der Waals surface area contributed by atoms with Crippen molar-refractivity contribution in [3.05, 3.63) is 17.7 Å².